The summed E-state index contributed by atoms with van der Waals surface area (Å²) >= 11 is 0. The van der Waals surface area contributed by atoms with Gasteiger partial charge in [0.25, 0.3) is 0 Å². The average Bonchev–Trinajstić information content (AvgIpc) is 2.16. The van der Waals surface area contributed by atoms with Crippen LogP contribution in [-0.4, -0.2) is 12.8 Å². The van der Waals surface area contributed by atoms with Crippen molar-refractivity contribution in [2.45, 2.75) is 26.1 Å². The normalized spacial score (nSPS) is 13.8. The topological polar surface area (TPSA) is 21.3 Å². The highest BCUT2D eigenvalue weighted by atomic mass is 19.4. The first kappa shape index (κ1) is 13.0. The minimum absolute atomic E-state index is 0.275. The van der Waals surface area contributed by atoms with Crippen molar-refractivity contribution in [3.63, 3.8) is 0 Å². The molecule has 1 rings (SSSR count). The van der Waals surface area contributed by atoms with Crippen molar-refractivity contribution in [2.75, 3.05) is 6.61 Å². The van der Waals surface area contributed by atoms with Gasteiger partial charge in [-0.25, -0.2) is 0 Å². The molecule has 0 radical (unpaired) electrons. The van der Waals surface area contributed by atoms with Crippen LogP contribution in [0.3, 0.4) is 0 Å². The van der Waals surface area contributed by atoms with Crippen LogP contribution in [-0.2, 0) is 4.84 Å². The fourth-order valence-electron chi connectivity index (χ4n) is 1.17. The number of benzene rings is 1. The summed E-state index contributed by atoms with van der Waals surface area (Å²) in [5.41, 5.74) is 4.34. The molecule has 0 aliphatic carbocycles. The van der Waals surface area contributed by atoms with Crippen LogP contribution < -0.4 is 5.48 Å². The number of nitrogens with one attached hydrogen (secondary N) is 1. The van der Waals surface area contributed by atoms with Gasteiger partial charge in [0.05, 0.1) is 6.04 Å². The lowest BCUT2D eigenvalue weighted by molar-refractivity contribution is -0.192. The van der Waals surface area contributed by atoms with Gasteiger partial charge >= 0.3 is 6.18 Å². The molecule has 1 N–H and O–H groups in total. The van der Waals surface area contributed by atoms with Crippen molar-refractivity contribution >= 4 is 0 Å². The molecule has 2 nitrogen and oxygen atoms in total. The largest absolute Gasteiger partial charge is 0.413 e. The third-order valence-electron chi connectivity index (χ3n) is 2.07. The van der Waals surface area contributed by atoms with Crippen LogP contribution in [0.1, 0.15) is 24.1 Å². The molecule has 0 aromatic heterocycles. The summed E-state index contributed by atoms with van der Waals surface area (Å²) in [6.45, 7) is 2.40. The molecule has 0 fully saturated rings. The third kappa shape index (κ3) is 4.63. The molecule has 1 aromatic rings. The number of hydroxylamine groups is 1. The zero-order valence-corrected chi connectivity index (χ0v) is 9.14. The second-order valence-corrected chi connectivity index (χ2v) is 3.65. The van der Waals surface area contributed by atoms with E-state index in [1.807, 2.05) is 31.2 Å². The summed E-state index contributed by atoms with van der Waals surface area (Å²) < 4.78 is 35.4. The van der Waals surface area contributed by atoms with Gasteiger partial charge in [0.2, 0.25) is 0 Å². The first-order valence-corrected chi connectivity index (χ1v) is 4.89. The summed E-state index contributed by atoms with van der Waals surface area (Å²) in [5.74, 6) is 0. The molecule has 0 bridgehead atoms. The van der Waals surface area contributed by atoms with Gasteiger partial charge < -0.3 is 0 Å². The number of hydrogen-bond acceptors (Lipinski definition) is 2. The lowest BCUT2D eigenvalue weighted by Gasteiger charge is -2.15. The highest BCUT2D eigenvalue weighted by molar-refractivity contribution is 5.23. The van der Waals surface area contributed by atoms with Crippen LogP contribution in [0.5, 0.6) is 0 Å². The maximum atomic E-state index is 11.8. The van der Waals surface area contributed by atoms with Gasteiger partial charge in [0.15, 0.2) is 6.61 Å². The van der Waals surface area contributed by atoms with Crippen molar-refractivity contribution in [3.8, 4) is 0 Å². The monoisotopic (exact) mass is 233 g/mol. The SMILES string of the molecule is Cc1ccc(C(C)NOCC(F)(F)F)cc1. The molecule has 0 saturated carbocycles. The van der Waals surface area contributed by atoms with E-state index in [9.17, 15) is 13.2 Å². The van der Waals surface area contributed by atoms with Crippen LogP contribution in [0.25, 0.3) is 0 Å². The maximum absolute atomic E-state index is 11.8. The van der Waals surface area contributed by atoms with Gasteiger partial charge in [0.1, 0.15) is 0 Å². The van der Waals surface area contributed by atoms with Gasteiger partial charge in [-0.3, -0.25) is 4.84 Å². The van der Waals surface area contributed by atoms with Crippen LogP contribution in [0.2, 0.25) is 0 Å². The molecule has 0 amide bonds. The summed E-state index contributed by atoms with van der Waals surface area (Å²) in [7, 11) is 0. The first-order chi connectivity index (χ1) is 7.38. The molecule has 5 heteroatoms. The maximum Gasteiger partial charge on any atom is 0.413 e. The Morgan fingerprint density at radius 3 is 2.31 bits per heavy atom. The quantitative estimate of drug-likeness (QED) is 0.807. The Bertz CT molecular complexity index is 321. The molecule has 16 heavy (non-hydrogen) atoms. The molecular weight excluding hydrogens is 219 g/mol. The number of halogens is 3. The molecular formula is C11H14F3NO. The summed E-state index contributed by atoms with van der Waals surface area (Å²) in [6.07, 6.45) is -4.31. The highest BCUT2D eigenvalue weighted by Crippen LogP contribution is 2.16. The molecule has 1 unspecified atom stereocenters. The predicted octanol–water partition coefficient (Wildman–Crippen LogP) is 3.14. The second-order valence-electron chi connectivity index (χ2n) is 3.65. The number of aryl methyl sites for hydroxylation is 1. The lowest BCUT2D eigenvalue weighted by atomic mass is 10.1. The standard InChI is InChI=1S/C11H14F3NO/c1-8-3-5-10(6-4-8)9(2)15-16-7-11(12,13)14/h3-6,9,15H,7H2,1-2H3. The van der Waals surface area contributed by atoms with E-state index in [2.05, 4.69) is 10.3 Å². The van der Waals surface area contributed by atoms with Crippen LogP contribution >= 0.6 is 0 Å². The highest BCUT2D eigenvalue weighted by Gasteiger charge is 2.28. The van der Waals surface area contributed by atoms with E-state index in [1.54, 1.807) is 6.92 Å². The molecule has 1 atom stereocenters. The Morgan fingerprint density at radius 2 is 1.81 bits per heavy atom. The molecule has 0 saturated heterocycles. The van der Waals surface area contributed by atoms with E-state index in [-0.39, 0.29) is 6.04 Å². The lowest BCUT2D eigenvalue weighted by Crippen LogP contribution is -2.26. The van der Waals surface area contributed by atoms with E-state index in [4.69, 9.17) is 0 Å². The summed E-state index contributed by atoms with van der Waals surface area (Å²) in [5, 5.41) is 0. The van der Waals surface area contributed by atoms with Crippen LogP contribution in [0.15, 0.2) is 24.3 Å². The molecule has 0 spiro atoms. The molecule has 0 heterocycles. The Labute approximate surface area is 92.4 Å². The van der Waals surface area contributed by atoms with Gasteiger partial charge in [-0.15, -0.1) is 0 Å². The summed E-state index contributed by atoms with van der Waals surface area (Å²) in [6, 6.07) is 7.23. The number of alkyl halides is 3. The van der Waals surface area contributed by atoms with Gasteiger partial charge in [-0.2, -0.15) is 18.7 Å². The molecule has 0 aliphatic heterocycles. The summed E-state index contributed by atoms with van der Waals surface area (Å²) in [4.78, 5) is 4.37. The smallest absolute Gasteiger partial charge is 0.292 e. The Hall–Kier alpha value is -1.07. The molecule has 90 valence electrons. The minimum atomic E-state index is -4.31. The molecule has 0 aliphatic rings. The van der Waals surface area contributed by atoms with E-state index in [0.29, 0.717) is 0 Å². The first-order valence-electron chi connectivity index (χ1n) is 4.89. The van der Waals surface area contributed by atoms with Crippen molar-refractivity contribution in [2.24, 2.45) is 0 Å². The minimum Gasteiger partial charge on any atom is -0.292 e. The average molecular weight is 233 g/mol. The number of rotatable bonds is 4. The van der Waals surface area contributed by atoms with E-state index < -0.39 is 12.8 Å². The van der Waals surface area contributed by atoms with Crippen molar-refractivity contribution in [3.05, 3.63) is 35.4 Å². The zero-order valence-electron chi connectivity index (χ0n) is 9.14. The van der Waals surface area contributed by atoms with Gasteiger partial charge in [-0.1, -0.05) is 29.8 Å². The van der Waals surface area contributed by atoms with E-state index in [1.165, 1.54) is 0 Å². The Balaban J connectivity index is 2.41. The predicted molar refractivity (Wildman–Crippen MR) is 54.7 cm³/mol. The third-order valence-corrected chi connectivity index (χ3v) is 2.07. The van der Waals surface area contributed by atoms with E-state index in [0.717, 1.165) is 11.1 Å². The van der Waals surface area contributed by atoms with Gasteiger partial charge in [0, 0.05) is 0 Å². The van der Waals surface area contributed by atoms with Crippen LogP contribution in [0.4, 0.5) is 13.2 Å². The number of hydrogen-bond donors (Lipinski definition) is 1. The van der Waals surface area contributed by atoms with Crippen LogP contribution in [0, 0.1) is 6.92 Å². The second kappa shape index (κ2) is 5.32. The molecule has 1 aromatic carbocycles. The Morgan fingerprint density at radius 1 is 1.25 bits per heavy atom. The Kier molecular flexibility index (Phi) is 4.32. The zero-order chi connectivity index (χ0) is 12.2. The van der Waals surface area contributed by atoms with E-state index >= 15 is 0 Å². The van der Waals surface area contributed by atoms with Crippen molar-refractivity contribution < 1.29 is 18.0 Å². The van der Waals surface area contributed by atoms with Gasteiger partial charge in [-0.05, 0) is 19.4 Å². The van der Waals surface area contributed by atoms with Crippen molar-refractivity contribution in [1.82, 2.24) is 5.48 Å². The fourth-order valence-corrected chi connectivity index (χ4v) is 1.17. The fraction of sp³-hybridized carbons (Fsp3) is 0.455. The van der Waals surface area contributed by atoms with Crippen molar-refractivity contribution in [1.29, 1.82) is 0 Å².